The molecule has 4 nitrogen and oxygen atoms in total. The molecule has 0 spiro atoms. The van der Waals surface area contributed by atoms with Crippen LogP contribution in [-0.4, -0.2) is 37.5 Å². The van der Waals surface area contributed by atoms with Crippen LogP contribution >= 0.6 is 0 Å². The molecule has 1 aromatic rings. The quantitative estimate of drug-likeness (QED) is 0.863. The predicted octanol–water partition coefficient (Wildman–Crippen LogP) is 0.791. The molecule has 1 aromatic heterocycles. The number of nitrogens with one attached hydrogen (secondary N) is 1. The molecule has 2 heterocycles. The molecule has 1 aliphatic rings. The first-order valence-corrected chi connectivity index (χ1v) is 7.81. The molecule has 0 saturated carbocycles. The zero-order valence-electron chi connectivity index (χ0n) is 9.80. The molecule has 0 amide bonds. The third kappa shape index (κ3) is 4.09. The summed E-state index contributed by atoms with van der Waals surface area (Å²) in [5.74, 6) is 0.655. The van der Waals surface area contributed by atoms with E-state index < -0.39 is 9.84 Å². The highest BCUT2D eigenvalue weighted by molar-refractivity contribution is 7.91. The smallest absolute Gasteiger partial charge is 0.150 e. The highest BCUT2D eigenvalue weighted by atomic mass is 32.2. The summed E-state index contributed by atoms with van der Waals surface area (Å²) in [7, 11) is -2.75. The molecular formula is C12H18N2O2S. The Morgan fingerprint density at radius 1 is 1.29 bits per heavy atom. The Hall–Kier alpha value is -0.940. The summed E-state index contributed by atoms with van der Waals surface area (Å²) in [6.45, 7) is 0.863. The SMILES string of the molecule is O=S1(=O)CCC(NCCc2ccccn2)CC1. The van der Waals surface area contributed by atoms with Gasteiger partial charge in [0.25, 0.3) is 0 Å². The maximum Gasteiger partial charge on any atom is 0.150 e. The molecule has 1 N–H and O–H groups in total. The number of rotatable bonds is 4. The molecule has 0 atom stereocenters. The Bertz CT molecular complexity index is 431. The standard InChI is InChI=1S/C12H18N2O2S/c15-17(16)9-5-12(6-10-17)14-8-4-11-3-1-2-7-13-11/h1-3,7,12,14H,4-6,8-10H2. The van der Waals surface area contributed by atoms with E-state index in [1.165, 1.54) is 0 Å². The lowest BCUT2D eigenvalue weighted by Crippen LogP contribution is -2.38. The number of sulfone groups is 1. The molecule has 0 unspecified atom stereocenters. The Labute approximate surface area is 102 Å². The van der Waals surface area contributed by atoms with Crippen molar-refractivity contribution < 1.29 is 8.42 Å². The first kappa shape index (κ1) is 12.5. The molecule has 1 fully saturated rings. The van der Waals surface area contributed by atoms with Crippen molar-refractivity contribution in [3.63, 3.8) is 0 Å². The first-order chi connectivity index (χ1) is 8.16. The summed E-state index contributed by atoms with van der Waals surface area (Å²) >= 11 is 0. The lowest BCUT2D eigenvalue weighted by Gasteiger charge is -2.22. The van der Waals surface area contributed by atoms with E-state index in [1.807, 2.05) is 18.2 Å². The summed E-state index contributed by atoms with van der Waals surface area (Å²) < 4.78 is 22.5. The van der Waals surface area contributed by atoms with Gasteiger partial charge in [0.15, 0.2) is 0 Å². The molecule has 94 valence electrons. The van der Waals surface area contributed by atoms with Gasteiger partial charge in [-0.05, 0) is 25.0 Å². The van der Waals surface area contributed by atoms with Crippen molar-refractivity contribution in [1.82, 2.24) is 10.3 Å². The molecule has 0 radical (unpaired) electrons. The second-order valence-electron chi connectivity index (χ2n) is 4.45. The average molecular weight is 254 g/mol. The monoisotopic (exact) mass is 254 g/mol. The van der Waals surface area contributed by atoms with Crippen LogP contribution in [0.4, 0.5) is 0 Å². The lowest BCUT2D eigenvalue weighted by atomic mass is 10.1. The van der Waals surface area contributed by atoms with Crippen molar-refractivity contribution in [3.8, 4) is 0 Å². The third-order valence-corrected chi connectivity index (χ3v) is 4.81. The van der Waals surface area contributed by atoms with Crippen LogP contribution in [0.5, 0.6) is 0 Å². The van der Waals surface area contributed by atoms with Gasteiger partial charge in [-0.2, -0.15) is 0 Å². The summed E-state index contributed by atoms with van der Waals surface area (Å²) in [4.78, 5) is 4.25. The van der Waals surface area contributed by atoms with Crippen LogP contribution in [0.2, 0.25) is 0 Å². The van der Waals surface area contributed by atoms with E-state index in [0.717, 1.165) is 31.5 Å². The summed E-state index contributed by atoms with van der Waals surface area (Å²) in [6, 6.07) is 6.24. The van der Waals surface area contributed by atoms with Crippen LogP contribution in [0.3, 0.4) is 0 Å². The van der Waals surface area contributed by atoms with Gasteiger partial charge in [-0.25, -0.2) is 8.42 Å². The van der Waals surface area contributed by atoms with Crippen molar-refractivity contribution >= 4 is 9.84 Å². The van der Waals surface area contributed by atoms with Crippen molar-refractivity contribution in [2.75, 3.05) is 18.1 Å². The fourth-order valence-corrected chi connectivity index (χ4v) is 3.54. The molecule has 5 heteroatoms. The molecule has 0 bridgehead atoms. The highest BCUT2D eigenvalue weighted by Crippen LogP contribution is 2.11. The molecule has 1 saturated heterocycles. The number of aromatic nitrogens is 1. The number of hydrogen-bond donors (Lipinski definition) is 1. The molecule has 17 heavy (non-hydrogen) atoms. The van der Waals surface area contributed by atoms with Crippen LogP contribution in [0.15, 0.2) is 24.4 Å². The summed E-state index contributed by atoms with van der Waals surface area (Å²) in [5, 5.41) is 3.40. The molecule has 0 aliphatic carbocycles. The number of hydrogen-bond acceptors (Lipinski definition) is 4. The van der Waals surface area contributed by atoms with Crippen LogP contribution < -0.4 is 5.32 Å². The van der Waals surface area contributed by atoms with Gasteiger partial charge >= 0.3 is 0 Å². The zero-order valence-corrected chi connectivity index (χ0v) is 10.6. The Morgan fingerprint density at radius 2 is 2.06 bits per heavy atom. The van der Waals surface area contributed by atoms with Crippen LogP contribution in [-0.2, 0) is 16.3 Å². The Morgan fingerprint density at radius 3 is 2.71 bits per heavy atom. The number of pyridine rings is 1. The summed E-state index contributed by atoms with van der Waals surface area (Å²) in [6.07, 6.45) is 4.17. The van der Waals surface area contributed by atoms with Crippen molar-refractivity contribution in [1.29, 1.82) is 0 Å². The van der Waals surface area contributed by atoms with Gasteiger partial charge in [-0.15, -0.1) is 0 Å². The van der Waals surface area contributed by atoms with E-state index in [4.69, 9.17) is 0 Å². The minimum Gasteiger partial charge on any atom is -0.314 e. The predicted molar refractivity (Wildman–Crippen MR) is 67.6 cm³/mol. The van der Waals surface area contributed by atoms with Crippen LogP contribution in [0, 0.1) is 0 Å². The molecular weight excluding hydrogens is 236 g/mol. The normalized spacial score (nSPS) is 20.2. The lowest BCUT2D eigenvalue weighted by molar-refractivity contribution is 0.465. The summed E-state index contributed by atoms with van der Waals surface area (Å²) in [5.41, 5.74) is 1.07. The Balaban J connectivity index is 1.70. The molecule has 1 aliphatic heterocycles. The van der Waals surface area contributed by atoms with Gasteiger partial charge in [0.2, 0.25) is 0 Å². The largest absolute Gasteiger partial charge is 0.314 e. The topological polar surface area (TPSA) is 59.1 Å². The first-order valence-electron chi connectivity index (χ1n) is 5.99. The highest BCUT2D eigenvalue weighted by Gasteiger charge is 2.22. The van der Waals surface area contributed by atoms with E-state index in [0.29, 0.717) is 17.5 Å². The van der Waals surface area contributed by atoms with E-state index in [1.54, 1.807) is 6.20 Å². The minimum absolute atomic E-state index is 0.328. The zero-order chi connectivity index (χ0) is 12.1. The van der Waals surface area contributed by atoms with E-state index in [-0.39, 0.29) is 0 Å². The van der Waals surface area contributed by atoms with Crippen molar-refractivity contribution in [3.05, 3.63) is 30.1 Å². The van der Waals surface area contributed by atoms with E-state index >= 15 is 0 Å². The van der Waals surface area contributed by atoms with Gasteiger partial charge in [0, 0.05) is 30.9 Å². The fraction of sp³-hybridized carbons (Fsp3) is 0.583. The van der Waals surface area contributed by atoms with Crippen molar-refractivity contribution in [2.24, 2.45) is 0 Å². The Kier molecular flexibility index (Phi) is 4.12. The van der Waals surface area contributed by atoms with Gasteiger partial charge in [-0.3, -0.25) is 4.98 Å². The fourth-order valence-electron chi connectivity index (χ4n) is 2.04. The second-order valence-corrected chi connectivity index (χ2v) is 6.75. The van der Waals surface area contributed by atoms with E-state index in [9.17, 15) is 8.42 Å². The molecule has 0 aromatic carbocycles. The van der Waals surface area contributed by atoms with Gasteiger partial charge in [0.05, 0.1) is 11.5 Å². The molecule has 2 rings (SSSR count). The van der Waals surface area contributed by atoms with Crippen LogP contribution in [0.1, 0.15) is 18.5 Å². The minimum atomic E-state index is -2.75. The maximum absolute atomic E-state index is 11.3. The average Bonchev–Trinajstić information content (AvgIpc) is 2.33. The second kappa shape index (κ2) is 5.60. The maximum atomic E-state index is 11.3. The van der Waals surface area contributed by atoms with Gasteiger partial charge in [-0.1, -0.05) is 6.07 Å². The number of nitrogens with zero attached hydrogens (tertiary/aromatic N) is 1. The van der Waals surface area contributed by atoms with Gasteiger partial charge < -0.3 is 5.32 Å². The van der Waals surface area contributed by atoms with E-state index in [2.05, 4.69) is 10.3 Å². The third-order valence-electron chi connectivity index (χ3n) is 3.09. The van der Waals surface area contributed by atoms with Gasteiger partial charge in [0.1, 0.15) is 9.84 Å². The van der Waals surface area contributed by atoms with Crippen LogP contribution in [0.25, 0.3) is 0 Å². The van der Waals surface area contributed by atoms with Crippen molar-refractivity contribution in [2.45, 2.75) is 25.3 Å².